The molecule has 0 aromatic heterocycles. The Morgan fingerprint density at radius 1 is 1.47 bits per heavy atom. The number of benzene rings is 1. The van der Waals surface area contributed by atoms with E-state index in [1.54, 1.807) is 12.1 Å². The highest BCUT2D eigenvalue weighted by Gasteiger charge is 2.12. The van der Waals surface area contributed by atoms with Gasteiger partial charge >= 0.3 is 0 Å². The molecule has 0 fully saturated rings. The lowest BCUT2D eigenvalue weighted by Crippen LogP contribution is -1.96. The van der Waals surface area contributed by atoms with Crippen LogP contribution in [-0.4, -0.2) is 13.3 Å². The molecule has 0 aliphatic heterocycles. The molecule has 15 heavy (non-hydrogen) atoms. The number of rotatable bonds is 4. The molecule has 0 aliphatic carbocycles. The fourth-order valence-corrected chi connectivity index (χ4v) is 2.84. The van der Waals surface area contributed by atoms with Gasteiger partial charge in [-0.25, -0.2) is 0 Å². The predicted octanol–water partition coefficient (Wildman–Crippen LogP) is 4.00. The fourth-order valence-electron chi connectivity index (χ4n) is 1.13. The molecule has 1 aromatic rings. The molecule has 1 atom stereocenters. The van der Waals surface area contributed by atoms with E-state index >= 15 is 0 Å². The Kier molecular flexibility index (Phi) is 4.60. The molecule has 0 spiro atoms. The summed E-state index contributed by atoms with van der Waals surface area (Å²) < 4.78 is 11.0. The first-order valence-electron chi connectivity index (χ1n) is 4.62. The van der Waals surface area contributed by atoms with Crippen molar-refractivity contribution < 1.29 is 9.05 Å². The Bertz CT molecular complexity index is 395. The third kappa shape index (κ3) is 4.12. The topological polar surface area (TPSA) is 18.5 Å². The molecular formula is C10H14ClO2PS. The van der Waals surface area contributed by atoms with Crippen LogP contribution >= 0.6 is 18.1 Å². The van der Waals surface area contributed by atoms with E-state index in [0.717, 1.165) is 16.3 Å². The van der Waals surface area contributed by atoms with Crippen LogP contribution in [0.15, 0.2) is 18.2 Å². The average Bonchev–Trinajstić information content (AvgIpc) is 2.10. The van der Waals surface area contributed by atoms with Crippen LogP contribution in [0.5, 0.6) is 5.75 Å². The summed E-state index contributed by atoms with van der Waals surface area (Å²) >= 11 is 11.1. The van der Waals surface area contributed by atoms with Crippen molar-refractivity contribution in [2.24, 2.45) is 0 Å². The maximum absolute atomic E-state index is 5.91. The summed E-state index contributed by atoms with van der Waals surface area (Å²) in [4.78, 5) is 0. The van der Waals surface area contributed by atoms with Gasteiger partial charge < -0.3 is 9.05 Å². The van der Waals surface area contributed by atoms with Gasteiger partial charge in [0.15, 0.2) is 0 Å². The summed E-state index contributed by atoms with van der Waals surface area (Å²) in [7, 11) is 0. The monoisotopic (exact) mass is 264 g/mol. The summed E-state index contributed by atoms with van der Waals surface area (Å²) in [5.74, 6) is 0.719. The van der Waals surface area contributed by atoms with E-state index in [4.69, 9.17) is 32.5 Å². The summed E-state index contributed by atoms with van der Waals surface area (Å²) in [6.45, 7) is 4.06. The van der Waals surface area contributed by atoms with Crippen LogP contribution in [0, 0.1) is 6.92 Å². The van der Waals surface area contributed by atoms with E-state index in [-0.39, 0.29) is 0 Å². The van der Waals surface area contributed by atoms with E-state index in [0.29, 0.717) is 6.61 Å². The SMILES string of the molecule is CCOP(C)(=S)Oc1ccc(Cl)c(C)c1. The summed E-state index contributed by atoms with van der Waals surface area (Å²) in [6.07, 6.45) is 0. The van der Waals surface area contributed by atoms with Crippen molar-refractivity contribution in [2.75, 3.05) is 13.3 Å². The molecular weight excluding hydrogens is 251 g/mol. The van der Waals surface area contributed by atoms with Crippen LogP contribution in [0.4, 0.5) is 0 Å². The summed E-state index contributed by atoms with van der Waals surface area (Å²) in [5.41, 5.74) is 0.973. The summed E-state index contributed by atoms with van der Waals surface area (Å²) in [5, 5.41) is 0.725. The molecule has 1 rings (SSSR count). The highest BCUT2D eigenvalue weighted by molar-refractivity contribution is 8.09. The first-order valence-corrected chi connectivity index (χ1v) is 8.09. The molecule has 0 N–H and O–H groups in total. The maximum atomic E-state index is 5.91. The first-order chi connectivity index (χ1) is 6.94. The van der Waals surface area contributed by atoms with Gasteiger partial charge in [0.05, 0.1) is 6.61 Å². The second-order valence-corrected chi connectivity index (χ2v) is 7.57. The number of aryl methyl sites for hydroxylation is 1. The zero-order valence-corrected chi connectivity index (χ0v) is 11.5. The smallest absolute Gasteiger partial charge is 0.235 e. The number of hydrogen-bond donors (Lipinski definition) is 0. The Morgan fingerprint density at radius 2 is 2.13 bits per heavy atom. The van der Waals surface area contributed by atoms with Crippen LogP contribution in [-0.2, 0) is 16.3 Å². The Morgan fingerprint density at radius 3 is 2.67 bits per heavy atom. The van der Waals surface area contributed by atoms with Crippen molar-refractivity contribution in [2.45, 2.75) is 13.8 Å². The van der Waals surface area contributed by atoms with E-state index in [2.05, 4.69) is 0 Å². The molecule has 0 saturated carbocycles. The molecule has 0 heterocycles. The zero-order chi connectivity index (χ0) is 11.5. The number of halogens is 1. The van der Waals surface area contributed by atoms with Gasteiger partial charge in [-0.2, -0.15) is 0 Å². The van der Waals surface area contributed by atoms with E-state index in [9.17, 15) is 0 Å². The van der Waals surface area contributed by atoms with Crippen LogP contribution < -0.4 is 4.52 Å². The van der Waals surface area contributed by atoms with Crippen molar-refractivity contribution in [3.63, 3.8) is 0 Å². The van der Waals surface area contributed by atoms with Gasteiger partial charge in [-0.05, 0) is 49.4 Å². The standard InChI is InChI=1S/C10H14ClO2PS/c1-4-12-14(3,15)13-9-5-6-10(11)8(2)7-9/h5-7H,4H2,1-3H3. The molecule has 0 radical (unpaired) electrons. The van der Waals surface area contributed by atoms with Crippen LogP contribution in [0.25, 0.3) is 0 Å². The molecule has 1 aromatic carbocycles. The zero-order valence-electron chi connectivity index (χ0n) is 8.99. The van der Waals surface area contributed by atoms with Crippen LogP contribution in [0.3, 0.4) is 0 Å². The van der Waals surface area contributed by atoms with E-state index in [1.165, 1.54) is 0 Å². The fraction of sp³-hybridized carbons (Fsp3) is 0.400. The lowest BCUT2D eigenvalue weighted by Gasteiger charge is -2.18. The molecule has 2 nitrogen and oxygen atoms in total. The third-order valence-corrected chi connectivity index (χ3v) is 4.00. The van der Waals surface area contributed by atoms with Crippen molar-refractivity contribution in [1.29, 1.82) is 0 Å². The largest absolute Gasteiger partial charge is 0.444 e. The van der Waals surface area contributed by atoms with Crippen molar-refractivity contribution in [3.05, 3.63) is 28.8 Å². The highest BCUT2D eigenvalue weighted by Crippen LogP contribution is 2.44. The summed E-state index contributed by atoms with van der Waals surface area (Å²) in [6, 6.07) is 5.47. The van der Waals surface area contributed by atoms with Crippen molar-refractivity contribution in [1.82, 2.24) is 0 Å². The highest BCUT2D eigenvalue weighted by atomic mass is 35.5. The van der Waals surface area contributed by atoms with E-state index < -0.39 is 6.49 Å². The van der Waals surface area contributed by atoms with Gasteiger partial charge in [0, 0.05) is 11.7 Å². The van der Waals surface area contributed by atoms with Gasteiger partial charge in [-0.1, -0.05) is 11.6 Å². The lowest BCUT2D eigenvalue weighted by atomic mass is 10.2. The lowest BCUT2D eigenvalue weighted by molar-refractivity contribution is 0.335. The van der Waals surface area contributed by atoms with Gasteiger partial charge in [0.1, 0.15) is 5.75 Å². The second-order valence-electron chi connectivity index (χ2n) is 3.19. The Balaban J connectivity index is 2.81. The normalized spacial score (nSPS) is 14.7. The Labute approximate surface area is 101 Å². The number of hydrogen-bond acceptors (Lipinski definition) is 3. The van der Waals surface area contributed by atoms with Gasteiger partial charge in [0.2, 0.25) is 6.49 Å². The molecule has 0 bridgehead atoms. The quantitative estimate of drug-likeness (QED) is 0.766. The maximum Gasteiger partial charge on any atom is 0.235 e. The van der Waals surface area contributed by atoms with E-state index in [1.807, 2.05) is 26.6 Å². The Hall–Kier alpha value is -0.0800. The van der Waals surface area contributed by atoms with Crippen LogP contribution in [0.2, 0.25) is 5.02 Å². The molecule has 1 unspecified atom stereocenters. The van der Waals surface area contributed by atoms with Gasteiger partial charge in [-0.3, -0.25) is 0 Å². The third-order valence-electron chi connectivity index (χ3n) is 1.76. The van der Waals surface area contributed by atoms with Crippen molar-refractivity contribution >= 4 is 29.9 Å². The minimum Gasteiger partial charge on any atom is -0.444 e. The van der Waals surface area contributed by atoms with Crippen LogP contribution in [0.1, 0.15) is 12.5 Å². The molecule has 0 aliphatic rings. The first kappa shape index (κ1) is 13.0. The second kappa shape index (κ2) is 5.31. The average molecular weight is 265 g/mol. The van der Waals surface area contributed by atoms with Crippen molar-refractivity contribution in [3.8, 4) is 5.75 Å². The predicted molar refractivity (Wildman–Crippen MR) is 68.7 cm³/mol. The molecule has 84 valence electrons. The van der Waals surface area contributed by atoms with Gasteiger partial charge in [0.25, 0.3) is 0 Å². The minimum absolute atomic E-state index is 0.570. The molecule has 0 saturated heterocycles. The molecule has 5 heteroatoms. The minimum atomic E-state index is -2.16. The van der Waals surface area contributed by atoms with Gasteiger partial charge in [-0.15, -0.1) is 0 Å². The molecule has 0 amide bonds.